The first-order chi connectivity index (χ1) is 6.18. The van der Waals surface area contributed by atoms with E-state index in [2.05, 4.69) is 13.0 Å². The Bertz CT molecular complexity index is 306. The van der Waals surface area contributed by atoms with E-state index < -0.39 is 0 Å². The number of hydrogen-bond donors (Lipinski definition) is 0. The summed E-state index contributed by atoms with van der Waals surface area (Å²) >= 11 is 6.04. The fourth-order valence-corrected chi connectivity index (χ4v) is 2.13. The van der Waals surface area contributed by atoms with Crippen molar-refractivity contribution in [3.8, 4) is 0 Å². The average Bonchev–Trinajstić information content (AvgIpc) is 2.12. The summed E-state index contributed by atoms with van der Waals surface area (Å²) < 4.78 is 0. The Morgan fingerprint density at radius 1 is 1.54 bits per heavy atom. The first kappa shape index (κ1) is 8.82. The fourth-order valence-electron chi connectivity index (χ4n) is 1.85. The van der Waals surface area contributed by atoms with E-state index in [1.54, 1.807) is 0 Å². The molecule has 0 radical (unpaired) electrons. The number of hydrogen-bond acceptors (Lipinski definition) is 1. The number of halogens is 1. The number of carbonyl (C=O) groups excluding carboxylic acids is 1. The summed E-state index contributed by atoms with van der Waals surface area (Å²) in [6.45, 7) is 2.79. The Morgan fingerprint density at radius 2 is 2.31 bits per heavy atom. The minimum atomic E-state index is 0.117. The van der Waals surface area contributed by atoms with E-state index in [9.17, 15) is 4.79 Å². The van der Waals surface area contributed by atoms with E-state index in [0.29, 0.717) is 6.42 Å². The number of nitrogens with zero attached hydrogens (tertiary/aromatic N) is 1. The lowest BCUT2D eigenvalue weighted by Crippen LogP contribution is -2.45. The van der Waals surface area contributed by atoms with Gasteiger partial charge in [0.25, 0.3) is 0 Å². The van der Waals surface area contributed by atoms with Crippen molar-refractivity contribution in [2.75, 3.05) is 6.54 Å². The van der Waals surface area contributed by atoms with E-state index in [4.69, 9.17) is 11.6 Å². The second-order valence-electron chi connectivity index (χ2n) is 3.62. The zero-order chi connectivity index (χ0) is 9.42. The molecule has 0 saturated carbocycles. The van der Waals surface area contributed by atoms with Gasteiger partial charge in [-0.25, -0.2) is 0 Å². The summed E-state index contributed by atoms with van der Waals surface area (Å²) in [6.07, 6.45) is 5.32. The second kappa shape index (κ2) is 3.18. The highest BCUT2D eigenvalue weighted by Crippen LogP contribution is 2.28. The summed E-state index contributed by atoms with van der Waals surface area (Å²) in [7, 11) is 0. The van der Waals surface area contributed by atoms with Crippen LogP contribution in [0.15, 0.2) is 22.8 Å². The van der Waals surface area contributed by atoms with E-state index in [-0.39, 0.29) is 11.9 Å². The third kappa shape index (κ3) is 1.51. The van der Waals surface area contributed by atoms with Crippen molar-refractivity contribution in [2.24, 2.45) is 0 Å². The topological polar surface area (TPSA) is 20.3 Å². The first-order valence-corrected chi connectivity index (χ1v) is 4.87. The lowest BCUT2D eigenvalue weighted by atomic mass is 9.99. The summed E-state index contributed by atoms with van der Waals surface area (Å²) in [5.41, 5.74) is 1.26. The predicted molar refractivity (Wildman–Crippen MR) is 52.4 cm³/mol. The normalized spacial score (nSPS) is 28.0. The van der Waals surface area contributed by atoms with Gasteiger partial charge in [0.1, 0.15) is 0 Å². The molecule has 1 amide bonds. The number of fused-ring (bicyclic) bond motifs is 1. The molecular weight excluding hydrogens is 186 g/mol. The average molecular weight is 198 g/mol. The molecule has 0 aromatic carbocycles. The van der Waals surface area contributed by atoms with Crippen LogP contribution in [0.1, 0.15) is 19.8 Å². The van der Waals surface area contributed by atoms with Crippen LogP contribution in [0.3, 0.4) is 0 Å². The van der Waals surface area contributed by atoms with Crippen LogP contribution < -0.4 is 0 Å². The van der Waals surface area contributed by atoms with E-state index in [1.807, 2.05) is 11.0 Å². The molecule has 0 aromatic rings. The van der Waals surface area contributed by atoms with Gasteiger partial charge in [-0.05, 0) is 13.3 Å². The first-order valence-electron chi connectivity index (χ1n) is 4.49. The Balaban J connectivity index is 2.29. The van der Waals surface area contributed by atoms with Crippen molar-refractivity contribution in [3.05, 3.63) is 22.8 Å². The zero-order valence-corrected chi connectivity index (χ0v) is 8.34. The summed E-state index contributed by atoms with van der Waals surface area (Å²) in [5.74, 6) is 0.196. The predicted octanol–water partition coefficient (Wildman–Crippen LogP) is 2.06. The molecule has 0 spiro atoms. The van der Waals surface area contributed by atoms with Crippen LogP contribution in [0.25, 0.3) is 0 Å². The molecule has 2 nitrogen and oxygen atoms in total. The standard InChI is InChI=1S/C10H12ClNO/c1-7-2-4-9-8(11)3-5-10(13)12(9)6-7/h2-3,9H,4-6H2,1H3/t9-/m0/s1. The molecule has 2 aliphatic rings. The van der Waals surface area contributed by atoms with Gasteiger partial charge in [-0.2, -0.15) is 0 Å². The van der Waals surface area contributed by atoms with Gasteiger partial charge in [0, 0.05) is 18.0 Å². The second-order valence-corrected chi connectivity index (χ2v) is 4.05. The zero-order valence-electron chi connectivity index (χ0n) is 7.59. The van der Waals surface area contributed by atoms with Crippen LogP contribution >= 0.6 is 11.6 Å². The molecule has 2 aliphatic heterocycles. The van der Waals surface area contributed by atoms with Gasteiger partial charge < -0.3 is 4.90 Å². The molecule has 0 N–H and O–H groups in total. The monoisotopic (exact) mass is 197 g/mol. The summed E-state index contributed by atoms with van der Waals surface area (Å²) in [4.78, 5) is 13.4. The molecule has 13 heavy (non-hydrogen) atoms. The highest BCUT2D eigenvalue weighted by molar-refractivity contribution is 6.30. The molecule has 0 saturated heterocycles. The van der Waals surface area contributed by atoms with Crippen molar-refractivity contribution in [1.82, 2.24) is 4.90 Å². The van der Waals surface area contributed by atoms with Crippen molar-refractivity contribution >= 4 is 17.5 Å². The van der Waals surface area contributed by atoms with Crippen LogP contribution in [0.5, 0.6) is 0 Å². The largest absolute Gasteiger partial charge is 0.330 e. The summed E-state index contributed by atoms with van der Waals surface area (Å²) in [6, 6.07) is 0.117. The molecule has 3 heteroatoms. The Morgan fingerprint density at radius 3 is 3.08 bits per heavy atom. The Labute approximate surface area is 82.9 Å². The maximum absolute atomic E-state index is 11.5. The maximum Gasteiger partial charge on any atom is 0.227 e. The molecule has 0 aromatic heterocycles. The number of carbonyl (C=O) groups is 1. The lowest BCUT2D eigenvalue weighted by molar-refractivity contribution is -0.132. The van der Waals surface area contributed by atoms with Crippen molar-refractivity contribution in [1.29, 1.82) is 0 Å². The molecular formula is C10H12ClNO. The Hall–Kier alpha value is -0.760. The van der Waals surface area contributed by atoms with E-state index in [0.717, 1.165) is 18.0 Å². The highest BCUT2D eigenvalue weighted by Gasteiger charge is 2.30. The van der Waals surface area contributed by atoms with Gasteiger partial charge in [-0.3, -0.25) is 4.79 Å². The van der Waals surface area contributed by atoms with Gasteiger partial charge in [0.2, 0.25) is 5.91 Å². The van der Waals surface area contributed by atoms with Gasteiger partial charge in [0.05, 0.1) is 6.04 Å². The van der Waals surface area contributed by atoms with Crippen LogP contribution in [0.2, 0.25) is 0 Å². The van der Waals surface area contributed by atoms with E-state index >= 15 is 0 Å². The minimum absolute atomic E-state index is 0.117. The quantitative estimate of drug-likeness (QED) is 0.545. The number of amides is 1. The van der Waals surface area contributed by atoms with Gasteiger partial charge >= 0.3 is 0 Å². The highest BCUT2D eigenvalue weighted by atomic mass is 35.5. The fraction of sp³-hybridized carbons (Fsp3) is 0.500. The maximum atomic E-state index is 11.5. The molecule has 2 rings (SSSR count). The van der Waals surface area contributed by atoms with Gasteiger partial charge in [0.15, 0.2) is 0 Å². The lowest BCUT2D eigenvalue weighted by Gasteiger charge is -2.37. The molecule has 2 heterocycles. The number of rotatable bonds is 0. The minimum Gasteiger partial charge on any atom is -0.330 e. The SMILES string of the molecule is CC1=CC[C@H]2C(Cl)=CCC(=O)N2C1. The molecule has 0 aliphatic carbocycles. The van der Waals surface area contributed by atoms with Crippen molar-refractivity contribution in [2.45, 2.75) is 25.8 Å². The van der Waals surface area contributed by atoms with Crippen molar-refractivity contribution < 1.29 is 4.79 Å². The van der Waals surface area contributed by atoms with Gasteiger partial charge in [-0.1, -0.05) is 29.3 Å². The molecule has 0 fully saturated rings. The smallest absolute Gasteiger partial charge is 0.227 e. The van der Waals surface area contributed by atoms with E-state index in [1.165, 1.54) is 5.57 Å². The molecule has 70 valence electrons. The third-order valence-electron chi connectivity index (χ3n) is 2.60. The Kier molecular flexibility index (Phi) is 2.16. The third-order valence-corrected chi connectivity index (χ3v) is 3.00. The van der Waals surface area contributed by atoms with Gasteiger partial charge in [-0.15, -0.1) is 0 Å². The van der Waals surface area contributed by atoms with Crippen LogP contribution in [-0.4, -0.2) is 23.4 Å². The van der Waals surface area contributed by atoms with Crippen LogP contribution in [0, 0.1) is 0 Å². The van der Waals surface area contributed by atoms with Crippen molar-refractivity contribution in [3.63, 3.8) is 0 Å². The molecule has 0 unspecified atom stereocenters. The molecule has 1 atom stereocenters. The van der Waals surface area contributed by atoms with Crippen LogP contribution in [-0.2, 0) is 4.79 Å². The van der Waals surface area contributed by atoms with Crippen LogP contribution in [0.4, 0.5) is 0 Å². The molecule has 0 bridgehead atoms. The summed E-state index contributed by atoms with van der Waals surface area (Å²) in [5, 5.41) is 0.823.